The first-order valence-corrected chi connectivity index (χ1v) is 37.8. The molecule has 11 rings (SSSR count). The van der Waals surface area contributed by atoms with Gasteiger partial charge < -0.3 is 28.1 Å². The van der Waals surface area contributed by atoms with Crippen LogP contribution in [0.1, 0.15) is 378 Å². The fraction of sp³-hybridized carbons (Fsp3) is 0.575. The first-order valence-electron chi connectivity index (χ1n) is 37.8. The maximum absolute atomic E-state index is 5.74. The number of methoxy groups -OCH3 is 3. The number of furan rings is 1. The van der Waals surface area contributed by atoms with E-state index in [1.165, 1.54) is 61.5 Å². The van der Waals surface area contributed by atoms with Crippen LogP contribution in [0.15, 0.2) is 72.3 Å². The highest BCUT2D eigenvalue weighted by molar-refractivity contribution is 5.83. The first kappa shape index (κ1) is 84.8. The number of nitrogens with zero attached hydrogens (tertiary/aromatic N) is 9. The molecule has 0 saturated heterocycles. The third kappa shape index (κ3) is 22.4. The van der Waals surface area contributed by atoms with E-state index in [2.05, 4.69) is 263 Å². The van der Waals surface area contributed by atoms with Crippen LogP contribution < -0.4 is 23.7 Å². The number of allylic oxidation sites excluding steroid dienone is 1. The Balaban J connectivity index is 0.000000214. The summed E-state index contributed by atoms with van der Waals surface area (Å²) in [6, 6.07) is 4.11. The SMILES string of the molecule is CC(C)c1cnc(C(C)C)c2c1CC=C2.CC(C)c1cnc(C(C)C)c2c1CCO2.CC(C)c1cnc(C(C)C)c2c1OCC2.CC(C)c1ncc(C(C)C)c2occc12.COc1cc(C(C)C)cnc1C(C)C.COc1nc(C(C)C)cnc1C(C)C.COc1nc(C(C)C)cnc1C(C)C. The van der Waals surface area contributed by atoms with Crippen LogP contribution in [-0.2, 0) is 19.3 Å². The molecule has 0 atom stereocenters. The molecule has 0 saturated carbocycles. The van der Waals surface area contributed by atoms with Crippen molar-refractivity contribution in [2.75, 3.05) is 34.5 Å². The lowest BCUT2D eigenvalue weighted by molar-refractivity contribution is 0.350. The zero-order chi connectivity index (χ0) is 76.1. The molecule has 1 aliphatic carbocycles. The van der Waals surface area contributed by atoms with Gasteiger partial charge in [-0.25, -0.2) is 9.97 Å². The van der Waals surface area contributed by atoms with E-state index >= 15 is 0 Å². The van der Waals surface area contributed by atoms with Crippen molar-refractivity contribution in [3.05, 3.63) is 169 Å². The second-order valence-electron chi connectivity index (χ2n) is 31.3. The highest BCUT2D eigenvalue weighted by Gasteiger charge is 2.26. The van der Waals surface area contributed by atoms with Crippen molar-refractivity contribution in [3.63, 3.8) is 0 Å². The summed E-state index contributed by atoms with van der Waals surface area (Å²) >= 11 is 0. The molecule has 10 heterocycles. The van der Waals surface area contributed by atoms with Crippen LogP contribution in [0.3, 0.4) is 0 Å². The topological polar surface area (TPSA) is 175 Å². The molecule has 0 bridgehead atoms. The molecule has 2 aliphatic heterocycles. The summed E-state index contributed by atoms with van der Waals surface area (Å²) in [5.41, 5.74) is 22.6. The lowest BCUT2D eigenvalue weighted by atomic mass is 9.93. The summed E-state index contributed by atoms with van der Waals surface area (Å²) in [6.45, 7) is 62.0. The Morgan fingerprint density at radius 3 is 1.22 bits per heavy atom. The van der Waals surface area contributed by atoms with Gasteiger partial charge in [-0.1, -0.05) is 206 Å². The summed E-state index contributed by atoms with van der Waals surface area (Å²) in [5, 5.41) is 1.16. The molecule has 0 aromatic carbocycles. The molecular weight excluding hydrogens is 1270 g/mol. The van der Waals surface area contributed by atoms with Crippen LogP contribution >= 0.6 is 0 Å². The Bertz CT molecular complexity index is 3580. The normalized spacial score (nSPS) is 12.6. The van der Waals surface area contributed by atoms with E-state index in [0.717, 1.165) is 101 Å². The lowest BCUT2D eigenvalue weighted by Crippen LogP contribution is -2.04. The van der Waals surface area contributed by atoms with Crippen molar-refractivity contribution in [2.24, 2.45) is 0 Å². The summed E-state index contributed by atoms with van der Waals surface area (Å²) in [6.07, 6.45) is 23.1. The molecule has 0 radical (unpaired) electrons. The van der Waals surface area contributed by atoms with Crippen molar-refractivity contribution in [1.82, 2.24) is 44.9 Å². The lowest BCUT2D eigenvalue weighted by Gasteiger charge is -2.16. The number of aromatic nitrogens is 9. The number of fused-ring (bicyclic) bond motifs is 4. The average Bonchev–Trinajstić information content (AvgIpc) is 1.68. The van der Waals surface area contributed by atoms with Gasteiger partial charge in [-0.15, -0.1) is 0 Å². The van der Waals surface area contributed by atoms with Crippen LogP contribution in [0.2, 0.25) is 0 Å². The van der Waals surface area contributed by atoms with Crippen molar-refractivity contribution in [2.45, 2.75) is 296 Å². The predicted octanol–water partition coefficient (Wildman–Crippen LogP) is 23.3. The maximum atomic E-state index is 5.74. The summed E-state index contributed by atoms with van der Waals surface area (Å²) in [7, 11) is 4.98. The minimum Gasteiger partial charge on any atom is -0.495 e. The smallest absolute Gasteiger partial charge is 0.235 e. The van der Waals surface area contributed by atoms with E-state index in [9.17, 15) is 0 Å². The largest absolute Gasteiger partial charge is 0.495 e. The van der Waals surface area contributed by atoms with Gasteiger partial charge in [-0.05, 0) is 117 Å². The fourth-order valence-electron chi connectivity index (χ4n) is 12.2. The molecule has 15 nitrogen and oxygen atoms in total. The molecule has 3 aliphatic rings. The Morgan fingerprint density at radius 1 is 0.353 bits per heavy atom. The molecule has 0 amide bonds. The number of ether oxygens (including phenoxy) is 5. The third-order valence-corrected chi connectivity index (χ3v) is 18.3. The van der Waals surface area contributed by atoms with E-state index in [1.807, 2.05) is 43.2 Å². The molecule has 8 aromatic heterocycles. The minimum absolute atomic E-state index is 0.346. The molecule has 558 valence electrons. The summed E-state index contributed by atoms with van der Waals surface area (Å²) in [4.78, 5) is 40.4. The Hall–Kier alpha value is -7.81. The fourth-order valence-corrected chi connectivity index (χ4v) is 12.2. The van der Waals surface area contributed by atoms with Gasteiger partial charge in [0.25, 0.3) is 0 Å². The van der Waals surface area contributed by atoms with Gasteiger partial charge in [0.1, 0.15) is 34.2 Å². The van der Waals surface area contributed by atoms with Crippen LogP contribution in [0.5, 0.6) is 29.0 Å². The van der Waals surface area contributed by atoms with E-state index < -0.39 is 0 Å². The molecule has 102 heavy (non-hydrogen) atoms. The van der Waals surface area contributed by atoms with Gasteiger partial charge in [0, 0.05) is 101 Å². The third-order valence-electron chi connectivity index (χ3n) is 18.3. The number of pyridine rings is 5. The van der Waals surface area contributed by atoms with Crippen molar-refractivity contribution >= 4 is 17.0 Å². The Morgan fingerprint density at radius 2 is 0.765 bits per heavy atom. The molecule has 0 N–H and O–H groups in total. The average molecular weight is 1400 g/mol. The van der Waals surface area contributed by atoms with Gasteiger partial charge >= 0.3 is 0 Å². The van der Waals surface area contributed by atoms with Crippen molar-refractivity contribution in [3.8, 4) is 29.0 Å². The van der Waals surface area contributed by atoms with E-state index in [0.29, 0.717) is 94.6 Å². The van der Waals surface area contributed by atoms with Crippen molar-refractivity contribution in [1.29, 1.82) is 0 Å². The second-order valence-corrected chi connectivity index (χ2v) is 31.3. The van der Waals surface area contributed by atoms with Gasteiger partial charge in [0.05, 0.1) is 75.0 Å². The minimum atomic E-state index is 0.346. The Kier molecular flexibility index (Phi) is 33.0. The van der Waals surface area contributed by atoms with Gasteiger partial charge in [-0.3, -0.25) is 34.9 Å². The molecule has 0 fully saturated rings. The number of hydrogen-bond donors (Lipinski definition) is 0. The zero-order valence-corrected chi connectivity index (χ0v) is 68.5. The molecular formula is C87H129N9O6. The molecule has 0 spiro atoms. The van der Waals surface area contributed by atoms with Crippen LogP contribution in [0.25, 0.3) is 17.0 Å². The highest BCUT2D eigenvalue weighted by atomic mass is 16.5. The highest BCUT2D eigenvalue weighted by Crippen LogP contribution is 2.40. The first-order chi connectivity index (χ1) is 48.1. The number of rotatable bonds is 17. The van der Waals surface area contributed by atoms with Crippen LogP contribution in [0, 0.1) is 0 Å². The maximum Gasteiger partial charge on any atom is 0.235 e. The predicted molar refractivity (Wildman–Crippen MR) is 423 cm³/mol. The molecule has 15 heteroatoms. The number of hydrogen-bond acceptors (Lipinski definition) is 15. The molecule has 8 aromatic rings. The zero-order valence-electron chi connectivity index (χ0n) is 68.5. The van der Waals surface area contributed by atoms with E-state index in [4.69, 9.17) is 28.1 Å². The van der Waals surface area contributed by atoms with Crippen LogP contribution in [-0.4, -0.2) is 79.4 Å². The van der Waals surface area contributed by atoms with Gasteiger partial charge in [-0.2, -0.15) is 0 Å². The monoisotopic (exact) mass is 1400 g/mol. The summed E-state index contributed by atoms with van der Waals surface area (Å²) in [5.74, 6) is 10.7. The Labute approximate surface area is 615 Å². The molecule has 0 unspecified atom stereocenters. The van der Waals surface area contributed by atoms with E-state index in [-0.39, 0.29) is 0 Å². The van der Waals surface area contributed by atoms with Gasteiger partial charge in [0.2, 0.25) is 11.8 Å². The standard InChI is InChI=1S/C14H19N.C13H19NO.C13H17NO.C13H19NO.C12H19NO.2C11H18N2O/c1-9(2)13-8-15-14(10(3)4)12-7-5-6-11(12)13;2*1-8(2)11-7-14-12(9(3)4)10-5-6-15-13(10)11;1-8(2)11-7-14-12(9(3)4)13-10(11)5-6-15-13;1-8(2)10-6-11(14-5)12(9(3)4)13-7-10;2*1-7(2)9-6-12-10(8(3)4)11(13-9)14-5/h5,7-10H,6H2,1-4H3;7-9H,5-6H2,1-4H3;5-9H,1-4H3;7-9H,5-6H2,1-4H3;6-9H,1-5H3;2*6-8H,1-5H3. The van der Waals surface area contributed by atoms with Crippen LogP contribution in [0.4, 0.5) is 0 Å². The van der Waals surface area contributed by atoms with Crippen molar-refractivity contribution < 1.29 is 28.1 Å². The quantitative estimate of drug-likeness (QED) is 0.0841. The summed E-state index contributed by atoms with van der Waals surface area (Å²) < 4.78 is 32.8. The van der Waals surface area contributed by atoms with E-state index in [1.54, 1.807) is 27.6 Å². The second kappa shape index (κ2) is 39.7. The van der Waals surface area contributed by atoms with Gasteiger partial charge in [0.15, 0.2) is 0 Å².